The fraction of sp³-hybridized carbons (Fsp3) is 0.929. The number of ether oxygens (including phenoxy) is 1. The quantitative estimate of drug-likeness (QED) is 0.445. The van der Waals surface area contributed by atoms with Gasteiger partial charge in [-0.25, -0.2) is 0 Å². The Kier molecular flexibility index (Phi) is 8.13. The van der Waals surface area contributed by atoms with Gasteiger partial charge in [-0.05, 0) is 39.3 Å². The molecule has 0 spiro atoms. The Bertz CT molecular complexity index is 314. The lowest BCUT2D eigenvalue weighted by molar-refractivity contribution is 0.00526. The molecule has 1 unspecified atom stereocenters. The van der Waals surface area contributed by atoms with Gasteiger partial charge in [0.25, 0.3) is 0 Å². The van der Waals surface area contributed by atoms with E-state index in [1.165, 1.54) is 32.4 Å². The number of halogens is 1. The van der Waals surface area contributed by atoms with Crippen molar-refractivity contribution in [1.82, 2.24) is 9.80 Å². The van der Waals surface area contributed by atoms with Crippen LogP contribution in [0.4, 0.5) is 0 Å². The second kappa shape index (κ2) is 9.04. The fourth-order valence-electron chi connectivity index (χ4n) is 3.01. The molecule has 2 aliphatic rings. The third-order valence-corrected chi connectivity index (χ3v) is 4.04. The van der Waals surface area contributed by atoms with Gasteiger partial charge in [0, 0.05) is 19.1 Å². The van der Waals surface area contributed by atoms with Gasteiger partial charge in [0.2, 0.25) is 0 Å². The van der Waals surface area contributed by atoms with Crippen LogP contribution < -0.4 is 5.73 Å². The van der Waals surface area contributed by atoms with E-state index in [0.29, 0.717) is 12.0 Å². The van der Waals surface area contributed by atoms with Crippen molar-refractivity contribution in [2.24, 2.45) is 10.7 Å². The second-order valence-electron chi connectivity index (χ2n) is 5.66. The summed E-state index contributed by atoms with van der Waals surface area (Å²) >= 11 is 0. The molecule has 118 valence electrons. The maximum Gasteiger partial charge on any atom is 0.191 e. The smallest absolute Gasteiger partial charge is 0.191 e. The minimum Gasteiger partial charge on any atom is -0.375 e. The third kappa shape index (κ3) is 5.04. The molecule has 0 aliphatic carbocycles. The summed E-state index contributed by atoms with van der Waals surface area (Å²) in [4.78, 5) is 9.32. The number of rotatable bonds is 4. The summed E-state index contributed by atoms with van der Waals surface area (Å²) in [5.41, 5.74) is 6.11. The van der Waals surface area contributed by atoms with E-state index in [0.717, 1.165) is 26.2 Å². The summed E-state index contributed by atoms with van der Waals surface area (Å²) in [7, 11) is 0. The van der Waals surface area contributed by atoms with Gasteiger partial charge in [-0.15, -0.1) is 24.0 Å². The van der Waals surface area contributed by atoms with Crippen LogP contribution in [0.3, 0.4) is 0 Å². The molecule has 0 saturated carbocycles. The summed E-state index contributed by atoms with van der Waals surface area (Å²) < 4.78 is 5.52. The van der Waals surface area contributed by atoms with Gasteiger partial charge < -0.3 is 15.4 Å². The standard InChI is InChI=1S/C14H28N4O.HI/c1-3-6-17-7-4-5-13(17)10-16-14(15)18-8-9-19-12(2)11-18;/h12-13H,3-11H2,1-2H3,(H2,15,16);1H/t12?,13-;/m0./s1. The Hall–Kier alpha value is -0.0800. The monoisotopic (exact) mass is 396 g/mol. The summed E-state index contributed by atoms with van der Waals surface area (Å²) in [5, 5.41) is 0. The van der Waals surface area contributed by atoms with Crippen molar-refractivity contribution in [2.75, 3.05) is 39.3 Å². The summed E-state index contributed by atoms with van der Waals surface area (Å²) in [5.74, 6) is 0.693. The highest BCUT2D eigenvalue weighted by atomic mass is 127. The Morgan fingerprint density at radius 3 is 2.90 bits per heavy atom. The minimum atomic E-state index is 0. The van der Waals surface area contributed by atoms with E-state index in [4.69, 9.17) is 10.5 Å². The molecule has 2 saturated heterocycles. The van der Waals surface area contributed by atoms with Crippen LogP contribution in [0.2, 0.25) is 0 Å². The molecule has 0 radical (unpaired) electrons. The first-order valence-electron chi connectivity index (χ1n) is 7.61. The van der Waals surface area contributed by atoms with Crippen LogP contribution in [-0.2, 0) is 4.74 Å². The molecule has 2 fully saturated rings. The lowest BCUT2D eigenvalue weighted by Gasteiger charge is -2.32. The van der Waals surface area contributed by atoms with Gasteiger partial charge in [-0.2, -0.15) is 0 Å². The summed E-state index contributed by atoms with van der Waals surface area (Å²) in [6, 6.07) is 0.594. The van der Waals surface area contributed by atoms with Gasteiger partial charge >= 0.3 is 0 Å². The highest BCUT2D eigenvalue weighted by Gasteiger charge is 2.24. The largest absolute Gasteiger partial charge is 0.375 e. The van der Waals surface area contributed by atoms with Crippen LogP contribution in [0.1, 0.15) is 33.1 Å². The molecule has 2 heterocycles. The van der Waals surface area contributed by atoms with Crippen molar-refractivity contribution in [3.63, 3.8) is 0 Å². The maximum atomic E-state index is 6.11. The first-order valence-corrected chi connectivity index (χ1v) is 7.61. The molecule has 20 heavy (non-hydrogen) atoms. The predicted molar refractivity (Wildman–Crippen MR) is 93.8 cm³/mol. The molecule has 2 N–H and O–H groups in total. The number of likely N-dealkylation sites (tertiary alicyclic amines) is 1. The lowest BCUT2D eigenvalue weighted by Crippen LogP contribution is -2.48. The zero-order valence-electron chi connectivity index (χ0n) is 12.8. The molecule has 2 aliphatic heterocycles. The Morgan fingerprint density at radius 2 is 2.20 bits per heavy atom. The molecule has 2 rings (SSSR count). The van der Waals surface area contributed by atoms with Crippen molar-refractivity contribution in [2.45, 2.75) is 45.3 Å². The number of nitrogens with zero attached hydrogens (tertiary/aromatic N) is 3. The van der Waals surface area contributed by atoms with E-state index in [9.17, 15) is 0 Å². The third-order valence-electron chi connectivity index (χ3n) is 4.04. The van der Waals surface area contributed by atoms with Crippen molar-refractivity contribution in [3.05, 3.63) is 0 Å². The first-order chi connectivity index (χ1) is 9.20. The zero-order chi connectivity index (χ0) is 13.7. The van der Waals surface area contributed by atoms with Gasteiger partial charge in [0.05, 0.1) is 19.3 Å². The molecule has 0 amide bonds. The van der Waals surface area contributed by atoms with Gasteiger partial charge in [-0.3, -0.25) is 9.89 Å². The number of hydrogen-bond donors (Lipinski definition) is 1. The minimum absolute atomic E-state index is 0. The molecule has 5 nitrogen and oxygen atoms in total. The molecule has 0 aromatic rings. The Morgan fingerprint density at radius 1 is 1.40 bits per heavy atom. The molecule has 2 atom stereocenters. The van der Waals surface area contributed by atoms with E-state index in [1.54, 1.807) is 0 Å². The normalized spacial score (nSPS) is 28.5. The molecule has 0 bridgehead atoms. The summed E-state index contributed by atoms with van der Waals surface area (Å²) in [6.45, 7) is 10.1. The zero-order valence-corrected chi connectivity index (χ0v) is 15.1. The SMILES string of the molecule is CCCN1CCC[C@H]1CN=C(N)N1CCOC(C)C1.I. The Balaban J connectivity index is 0.00000200. The average Bonchev–Trinajstić information content (AvgIpc) is 2.84. The molecule has 0 aromatic heterocycles. The van der Waals surface area contributed by atoms with Gasteiger partial charge in [-0.1, -0.05) is 6.92 Å². The van der Waals surface area contributed by atoms with E-state index in [-0.39, 0.29) is 30.1 Å². The second-order valence-corrected chi connectivity index (χ2v) is 5.66. The van der Waals surface area contributed by atoms with E-state index in [2.05, 4.69) is 28.6 Å². The molecular formula is C14H29IN4O. The van der Waals surface area contributed by atoms with E-state index >= 15 is 0 Å². The van der Waals surface area contributed by atoms with Gasteiger partial charge in [0.15, 0.2) is 5.96 Å². The van der Waals surface area contributed by atoms with Crippen molar-refractivity contribution in [3.8, 4) is 0 Å². The highest BCUT2D eigenvalue weighted by molar-refractivity contribution is 14.0. The topological polar surface area (TPSA) is 54.1 Å². The number of aliphatic imine (C=N–C) groups is 1. The lowest BCUT2D eigenvalue weighted by atomic mass is 10.2. The first kappa shape index (κ1) is 18.0. The van der Waals surface area contributed by atoms with Crippen LogP contribution in [0.5, 0.6) is 0 Å². The van der Waals surface area contributed by atoms with Crippen LogP contribution in [0.25, 0.3) is 0 Å². The number of morpholine rings is 1. The number of nitrogens with two attached hydrogens (primary N) is 1. The van der Waals surface area contributed by atoms with Crippen LogP contribution in [-0.4, -0.2) is 67.2 Å². The predicted octanol–water partition coefficient (Wildman–Crippen LogP) is 1.51. The van der Waals surface area contributed by atoms with Crippen molar-refractivity contribution in [1.29, 1.82) is 0 Å². The van der Waals surface area contributed by atoms with Crippen LogP contribution in [0.15, 0.2) is 4.99 Å². The van der Waals surface area contributed by atoms with Crippen LogP contribution in [0, 0.1) is 0 Å². The number of hydrogen-bond acceptors (Lipinski definition) is 3. The molecule has 0 aromatic carbocycles. The molecular weight excluding hydrogens is 367 g/mol. The number of guanidine groups is 1. The maximum absolute atomic E-state index is 6.11. The molecule has 6 heteroatoms. The Labute approximate surface area is 139 Å². The van der Waals surface area contributed by atoms with Gasteiger partial charge in [0.1, 0.15) is 0 Å². The van der Waals surface area contributed by atoms with E-state index in [1.807, 2.05) is 0 Å². The van der Waals surface area contributed by atoms with Crippen molar-refractivity contribution < 1.29 is 4.74 Å². The fourth-order valence-corrected chi connectivity index (χ4v) is 3.01. The van der Waals surface area contributed by atoms with E-state index < -0.39 is 0 Å². The summed E-state index contributed by atoms with van der Waals surface area (Å²) in [6.07, 6.45) is 4.03. The highest BCUT2D eigenvalue weighted by Crippen LogP contribution is 2.17. The van der Waals surface area contributed by atoms with Crippen molar-refractivity contribution >= 4 is 29.9 Å². The van der Waals surface area contributed by atoms with Crippen LogP contribution >= 0.6 is 24.0 Å². The average molecular weight is 396 g/mol.